The third-order valence-corrected chi connectivity index (χ3v) is 8.60. The van der Waals surface area contributed by atoms with Crippen molar-refractivity contribution in [3.05, 3.63) is 29.8 Å². The van der Waals surface area contributed by atoms with Crippen molar-refractivity contribution in [3.63, 3.8) is 0 Å². The quantitative estimate of drug-likeness (QED) is 0.664. The summed E-state index contributed by atoms with van der Waals surface area (Å²) >= 11 is 0. The number of carbonyl (C=O) groups excluding carboxylic acids is 2. The molecule has 7 nitrogen and oxygen atoms in total. The van der Waals surface area contributed by atoms with Gasteiger partial charge in [-0.1, -0.05) is 12.1 Å². The number of aliphatic hydroxyl groups excluding tert-OH is 1. The highest BCUT2D eigenvalue weighted by Crippen LogP contribution is 2.43. The van der Waals surface area contributed by atoms with E-state index >= 15 is 0 Å². The zero-order valence-electron chi connectivity index (χ0n) is 20.6. The average molecular weight is 509 g/mol. The van der Waals surface area contributed by atoms with E-state index in [-0.39, 0.29) is 29.8 Å². The first kappa shape index (κ1) is 25.2. The van der Waals surface area contributed by atoms with Crippen LogP contribution < -0.4 is 4.90 Å². The van der Waals surface area contributed by atoms with Gasteiger partial charge in [0.25, 0.3) is 0 Å². The Labute approximate surface area is 209 Å². The predicted octanol–water partition coefficient (Wildman–Crippen LogP) is 3.57. The largest absolute Gasteiger partial charge is 0.418 e. The minimum Gasteiger partial charge on any atom is -0.393 e. The van der Waals surface area contributed by atoms with Gasteiger partial charge in [-0.25, -0.2) is 4.79 Å². The molecule has 4 aliphatic rings. The fourth-order valence-electron chi connectivity index (χ4n) is 6.57. The summed E-state index contributed by atoms with van der Waals surface area (Å²) in [5, 5.41) is 9.82. The first-order valence-electron chi connectivity index (χ1n) is 13.1. The van der Waals surface area contributed by atoms with Gasteiger partial charge in [0.2, 0.25) is 5.91 Å². The molecule has 3 saturated heterocycles. The van der Waals surface area contributed by atoms with Crippen molar-refractivity contribution in [2.24, 2.45) is 5.41 Å². The molecule has 0 aromatic heterocycles. The van der Waals surface area contributed by atoms with Crippen molar-refractivity contribution in [1.29, 1.82) is 0 Å². The maximum atomic E-state index is 13.5. The molecule has 3 aliphatic heterocycles. The number of urea groups is 1. The summed E-state index contributed by atoms with van der Waals surface area (Å²) in [5.41, 5.74) is -1.03. The van der Waals surface area contributed by atoms with Crippen LogP contribution in [-0.2, 0) is 11.0 Å². The third-order valence-electron chi connectivity index (χ3n) is 8.60. The molecule has 0 bridgehead atoms. The zero-order chi connectivity index (χ0) is 25.5. The van der Waals surface area contributed by atoms with Crippen LogP contribution in [0.2, 0.25) is 0 Å². The second kappa shape index (κ2) is 9.76. The standard InChI is InChI=1S/C26H35F3N4O3/c27-26(28,29)21-4-1-2-5-22(21)30-14-16-31(17-15-30)24(36)32-12-3-10-25(18-32)11-13-33(23(25)35)19-6-8-20(34)9-7-19/h1-2,4-5,19-20,34H,3,6-18H2/t19-,20-,25?. The van der Waals surface area contributed by atoms with Crippen LogP contribution in [0.1, 0.15) is 50.5 Å². The lowest BCUT2D eigenvalue weighted by Gasteiger charge is -2.44. The van der Waals surface area contributed by atoms with Gasteiger partial charge in [-0.15, -0.1) is 0 Å². The molecule has 36 heavy (non-hydrogen) atoms. The molecule has 0 radical (unpaired) electrons. The van der Waals surface area contributed by atoms with E-state index in [4.69, 9.17) is 0 Å². The molecule has 3 amide bonds. The molecule has 1 aromatic carbocycles. The van der Waals surface area contributed by atoms with Gasteiger partial charge in [-0.3, -0.25) is 4.79 Å². The maximum Gasteiger partial charge on any atom is 0.418 e. The Balaban J connectivity index is 1.20. The van der Waals surface area contributed by atoms with Gasteiger partial charge < -0.3 is 24.7 Å². The summed E-state index contributed by atoms with van der Waals surface area (Å²) in [5.74, 6) is 0.148. The topological polar surface area (TPSA) is 67.3 Å². The molecule has 198 valence electrons. The van der Waals surface area contributed by atoms with Crippen molar-refractivity contribution in [1.82, 2.24) is 14.7 Å². The van der Waals surface area contributed by atoms with Gasteiger partial charge in [0.05, 0.1) is 17.1 Å². The van der Waals surface area contributed by atoms with E-state index in [1.54, 1.807) is 20.8 Å². The van der Waals surface area contributed by atoms with Crippen LogP contribution in [0.5, 0.6) is 0 Å². The van der Waals surface area contributed by atoms with Gasteiger partial charge in [0.1, 0.15) is 0 Å². The van der Waals surface area contributed by atoms with Gasteiger partial charge >= 0.3 is 12.2 Å². The van der Waals surface area contributed by atoms with E-state index in [1.807, 2.05) is 4.90 Å². The SMILES string of the molecule is O=C(N1CCN(c2ccccc2C(F)(F)F)CC1)N1CCCC2(CCN([C@H]3CC[C@H](O)CC3)C2=O)C1. The van der Waals surface area contributed by atoms with E-state index in [1.165, 1.54) is 12.1 Å². The van der Waals surface area contributed by atoms with Crippen LogP contribution in [0.3, 0.4) is 0 Å². The number of para-hydroxylation sites is 1. The molecule has 5 rings (SSSR count). The number of hydrogen-bond acceptors (Lipinski definition) is 4. The first-order chi connectivity index (χ1) is 17.2. The molecule has 1 spiro atoms. The Morgan fingerprint density at radius 1 is 0.917 bits per heavy atom. The third kappa shape index (κ3) is 4.76. The van der Waals surface area contributed by atoms with E-state index < -0.39 is 17.2 Å². The molecule has 1 aliphatic carbocycles. The molecule has 3 heterocycles. The average Bonchev–Trinajstić information content (AvgIpc) is 3.18. The second-order valence-electron chi connectivity index (χ2n) is 10.8. The zero-order valence-corrected chi connectivity index (χ0v) is 20.6. The summed E-state index contributed by atoms with van der Waals surface area (Å²) in [4.78, 5) is 34.1. The number of likely N-dealkylation sites (tertiary alicyclic amines) is 2. The Kier molecular flexibility index (Phi) is 6.82. The van der Waals surface area contributed by atoms with Gasteiger partial charge in [-0.2, -0.15) is 13.2 Å². The normalized spacial score (nSPS) is 29.8. The lowest BCUT2D eigenvalue weighted by atomic mass is 9.78. The van der Waals surface area contributed by atoms with Crippen LogP contribution in [0, 0.1) is 5.41 Å². The number of hydrogen-bond donors (Lipinski definition) is 1. The lowest BCUT2D eigenvalue weighted by Crippen LogP contribution is -2.57. The molecule has 4 fully saturated rings. The predicted molar refractivity (Wildman–Crippen MR) is 128 cm³/mol. The van der Waals surface area contributed by atoms with E-state index in [9.17, 15) is 27.9 Å². The Bertz CT molecular complexity index is 973. The van der Waals surface area contributed by atoms with Crippen LogP contribution in [0.4, 0.5) is 23.7 Å². The first-order valence-corrected chi connectivity index (χ1v) is 13.1. The number of amides is 3. The Morgan fingerprint density at radius 2 is 1.61 bits per heavy atom. The molecule has 10 heteroatoms. The van der Waals surface area contributed by atoms with Crippen molar-refractivity contribution in [2.75, 3.05) is 50.7 Å². The highest BCUT2D eigenvalue weighted by molar-refractivity contribution is 5.86. The number of piperidine rings is 1. The summed E-state index contributed by atoms with van der Waals surface area (Å²) in [6.07, 6.45) is 0.717. The van der Waals surface area contributed by atoms with Crippen LogP contribution in [-0.4, -0.2) is 89.7 Å². The molecule has 1 atom stereocenters. The second-order valence-corrected chi connectivity index (χ2v) is 10.8. The number of halogens is 3. The van der Waals surface area contributed by atoms with Gasteiger partial charge in [-0.05, 0) is 57.1 Å². The van der Waals surface area contributed by atoms with Crippen molar-refractivity contribution >= 4 is 17.6 Å². The van der Waals surface area contributed by atoms with E-state index in [0.717, 1.165) is 51.0 Å². The van der Waals surface area contributed by atoms with Crippen molar-refractivity contribution in [2.45, 2.75) is 63.3 Å². The molecule has 1 saturated carbocycles. The summed E-state index contributed by atoms with van der Waals surface area (Å²) in [7, 11) is 0. The Morgan fingerprint density at radius 3 is 2.31 bits per heavy atom. The monoisotopic (exact) mass is 508 g/mol. The molecular formula is C26H35F3N4O3. The maximum absolute atomic E-state index is 13.5. The Hall–Kier alpha value is -2.49. The van der Waals surface area contributed by atoms with Gasteiger partial charge in [0, 0.05) is 57.5 Å². The minimum absolute atomic E-state index is 0.120. The molecule has 1 unspecified atom stereocenters. The fourth-order valence-corrected chi connectivity index (χ4v) is 6.57. The number of aliphatic hydroxyl groups is 1. The van der Waals surface area contributed by atoms with Crippen LogP contribution >= 0.6 is 0 Å². The van der Waals surface area contributed by atoms with Crippen molar-refractivity contribution in [3.8, 4) is 0 Å². The smallest absolute Gasteiger partial charge is 0.393 e. The fraction of sp³-hybridized carbons (Fsp3) is 0.692. The number of piperazine rings is 1. The summed E-state index contributed by atoms with van der Waals surface area (Å²) in [6, 6.07) is 5.63. The van der Waals surface area contributed by atoms with E-state index in [2.05, 4.69) is 0 Å². The number of alkyl halides is 3. The summed E-state index contributed by atoms with van der Waals surface area (Å²) in [6.45, 7) is 3.07. The highest BCUT2D eigenvalue weighted by atomic mass is 19.4. The minimum atomic E-state index is -4.43. The molecular weight excluding hydrogens is 473 g/mol. The number of carbonyl (C=O) groups is 2. The van der Waals surface area contributed by atoms with Gasteiger partial charge in [0.15, 0.2) is 0 Å². The summed E-state index contributed by atoms with van der Waals surface area (Å²) < 4.78 is 40.4. The number of anilines is 1. The highest BCUT2D eigenvalue weighted by Gasteiger charge is 2.51. The number of nitrogens with zero attached hydrogens (tertiary/aromatic N) is 4. The van der Waals surface area contributed by atoms with Crippen molar-refractivity contribution < 1.29 is 27.9 Å². The molecule has 1 aromatic rings. The van der Waals surface area contributed by atoms with Crippen LogP contribution in [0.25, 0.3) is 0 Å². The lowest BCUT2D eigenvalue weighted by molar-refractivity contribution is -0.141. The number of benzene rings is 1. The number of rotatable bonds is 2. The van der Waals surface area contributed by atoms with E-state index in [0.29, 0.717) is 45.8 Å². The molecule has 1 N–H and O–H groups in total. The van der Waals surface area contributed by atoms with Crippen LogP contribution in [0.15, 0.2) is 24.3 Å².